The largest absolute Gasteiger partial charge is 0.382 e. The number of aliphatic hydroxyl groups is 1. The van der Waals surface area contributed by atoms with Gasteiger partial charge in [0, 0.05) is 0 Å². The molecule has 1 nitrogen and oxygen atoms in total. The second-order valence-corrected chi connectivity index (χ2v) is 4.19. The van der Waals surface area contributed by atoms with E-state index < -0.39 is 18.5 Å². The summed E-state index contributed by atoms with van der Waals surface area (Å²) in [5, 5.41) is 9.44. The van der Waals surface area contributed by atoms with Gasteiger partial charge in [0.1, 0.15) is 6.10 Å². The fourth-order valence-corrected chi connectivity index (χ4v) is 1.93. The third-order valence-corrected chi connectivity index (χ3v) is 2.67. The zero-order valence-electron chi connectivity index (χ0n) is 9.77. The van der Waals surface area contributed by atoms with Gasteiger partial charge in [0.15, 0.2) is 0 Å². The van der Waals surface area contributed by atoms with Gasteiger partial charge >= 0.3 is 12.3 Å². The number of aliphatic hydroxyl groups excluding tert-OH is 1. The molecule has 0 amide bonds. The molecule has 1 atom stereocenters. The van der Waals surface area contributed by atoms with Gasteiger partial charge in [-0.1, -0.05) is 17.7 Å². The van der Waals surface area contributed by atoms with Crippen LogP contribution in [-0.4, -0.2) is 17.5 Å². The lowest BCUT2D eigenvalue weighted by atomic mass is 9.92. The predicted molar refractivity (Wildman–Crippen MR) is 56.6 cm³/mol. The predicted octanol–water partition coefficient (Wildman–Crippen LogP) is 3.55. The molecular formula is C12H14F4O. The molecule has 1 rings (SSSR count). The molecule has 1 aromatic rings. The van der Waals surface area contributed by atoms with Crippen LogP contribution in [0.5, 0.6) is 0 Å². The summed E-state index contributed by atoms with van der Waals surface area (Å²) in [5.41, 5.74) is 1.47. The van der Waals surface area contributed by atoms with Crippen molar-refractivity contribution in [1.29, 1.82) is 0 Å². The highest BCUT2D eigenvalue weighted by molar-refractivity contribution is 5.39. The van der Waals surface area contributed by atoms with Crippen LogP contribution in [0.4, 0.5) is 17.6 Å². The maximum atomic E-state index is 13.1. The Morgan fingerprint density at radius 1 is 1.06 bits per heavy atom. The SMILES string of the molecule is Cc1cc(C)c(C(O)C(F)(F)C(F)F)c(C)c1. The van der Waals surface area contributed by atoms with Crippen molar-refractivity contribution in [2.24, 2.45) is 0 Å². The maximum Gasteiger partial charge on any atom is 0.336 e. The average Bonchev–Trinajstić information content (AvgIpc) is 2.15. The van der Waals surface area contributed by atoms with Gasteiger partial charge in [-0.2, -0.15) is 8.78 Å². The molecule has 0 heterocycles. The molecule has 0 aromatic heterocycles. The molecule has 0 spiro atoms. The number of aryl methyl sites for hydroxylation is 3. The van der Waals surface area contributed by atoms with Gasteiger partial charge in [0.2, 0.25) is 0 Å². The first-order chi connectivity index (χ1) is 7.67. The van der Waals surface area contributed by atoms with Crippen molar-refractivity contribution < 1.29 is 22.7 Å². The van der Waals surface area contributed by atoms with Crippen molar-refractivity contribution in [2.45, 2.75) is 39.2 Å². The Hall–Kier alpha value is -1.10. The molecule has 17 heavy (non-hydrogen) atoms. The lowest BCUT2D eigenvalue weighted by Crippen LogP contribution is -2.35. The Labute approximate surface area is 97.1 Å². The highest BCUT2D eigenvalue weighted by Crippen LogP contribution is 2.39. The van der Waals surface area contributed by atoms with Crippen LogP contribution in [0.15, 0.2) is 12.1 Å². The number of benzene rings is 1. The zero-order valence-corrected chi connectivity index (χ0v) is 9.77. The van der Waals surface area contributed by atoms with Crippen molar-refractivity contribution in [2.75, 3.05) is 0 Å². The van der Waals surface area contributed by atoms with Gasteiger partial charge in [-0.3, -0.25) is 0 Å². The summed E-state index contributed by atoms with van der Waals surface area (Å²) < 4.78 is 50.5. The summed E-state index contributed by atoms with van der Waals surface area (Å²) in [7, 11) is 0. The van der Waals surface area contributed by atoms with Gasteiger partial charge in [0.25, 0.3) is 0 Å². The highest BCUT2D eigenvalue weighted by Gasteiger charge is 2.49. The quantitative estimate of drug-likeness (QED) is 0.813. The van der Waals surface area contributed by atoms with Crippen LogP contribution in [0.3, 0.4) is 0 Å². The molecule has 0 aliphatic rings. The summed E-state index contributed by atoms with van der Waals surface area (Å²) in [4.78, 5) is 0. The molecule has 0 aliphatic carbocycles. The lowest BCUT2D eigenvalue weighted by molar-refractivity contribution is -0.194. The molecule has 0 saturated carbocycles. The number of hydrogen-bond acceptors (Lipinski definition) is 1. The van der Waals surface area contributed by atoms with Gasteiger partial charge in [-0.05, 0) is 37.5 Å². The van der Waals surface area contributed by atoms with Crippen molar-refractivity contribution in [3.63, 3.8) is 0 Å². The molecule has 0 radical (unpaired) electrons. The van der Waals surface area contributed by atoms with Gasteiger partial charge in [-0.15, -0.1) is 0 Å². The number of hydrogen-bond donors (Lipinski definition) is 1. The Morgan fingerprint density at radius 3 is 1.82 bits per heavy atom. The van der Waals surface area contributed by atoms with E-state index in [1.807, 2.05) is 0 Å². The Kier molecular flexibility index (Phi) is 3.81. The molecule has 1 N–H and O–H groups in total. The zero-order chi connectivity index (χ0) is 13.4. The molecule has 1 unspecified atom stereocenters. The molecular weight excluding hydrogens is 236 g/mol. The van der Waals surface area contributed by atoms with Crippen molar-refractivity contribution in [3.8, 4) is 0 Å². The number of halogens is 4. The summed E-state index contributed by atoms with van der Waals surface area (Å²) in [6.45, 7) is 4.79. The summed E-state index contributed by atoms with van der Waals surface area (Å²) in [6.07, 6.45) is -6.37. The monoisotopic (exact) mass is 250 g/mol. The maximum absolute atomic E-state index is 13.1. The molecule has 0 fully saturated rings. The Balaban J connectivity index is 3.26. The smallest absolute Gasteiger partial charge is 0.336 e. The van der Waals surface area contributed by atoms with Crippen LogP contribution < -0.4 is 0 Å². The topological polar surface area (TPSA) is 20.2 Å². The van der Waals surface area contributed by atoms with Crippen LogP contribution >= 0.6 is 0 Å². The van der Waals surface area contributed by atoms with E-state index in [0.29, 0.717) is 11.1 Å². The third-order valence-electron chi connectivity index (χ3n) is 2.67. The Morgan fingerprint density at radius 2 is 1.47 bits per heavy atom. The second kappa shape index (κ2) is 4.64. The van der Waals surface area contributed by atoms with Crippen molar-refractivity contribution >= 4 is 0 Å². The minimum atomic E-state index is -4.44. The van der Waals surface area contributed by atoms with Crippen molar-refractivity contribution in [3.05, 3.63) is 34.4 Å². The van der Waals surface area contributed by atoms with E-state index in [9.17, 15) is 22.7 Å². The van der Waals surface area contributed by atoms with Crippen LogP contribution in [-0.2, 0) is 0 Å². The van der Waals surface area contributed by atoms with Crippen LogP contribution in [0.1, 0.15) is 28.4 Å². The van der Waals surface area contributed by atoms with Gasteiger partial charge in [0.05, 0.1) is 0 Å². The fourth-order valence-electron chi connectivity index (χ4n) is 1.93. The minimum absolute atomic E-state index is 0.124. The van der Waals surface area contributed by atoms with E-state index in [-0.39, 0.29) is 5.56 Å². The first-order valence-electron chi connectivity index (χ1n) is 5.09. The van der Waals surface area contributed by atoms with E-state index in [0.717, 1.165) is 5.56 Å². The number of rotatable bonds is 3. The van der Waals surface area contributed by atoms with Gasteiger partial charge in [-0.25, -0.2) is 8.78 Å². The van der Waals surface area contributed by atoms with E-state index in [4.69, 9.17) is 0 Å². The summed E-state index contributed by atoms with van der Waals surface area (Å²) in [6, 6.07) is 3.15. The fraction of sp³-hybridized carbons (Fsp3) is 0.500. The number of alkyl halides is 4. The van der Waals surface area contributed by atoms with E-state index in [1.165, 1.54) is 13.8 Å². The molecule has 0 aliphatic heterocycles. The van der Waals surface area contributed by atoms with Gasteiger partial charge < -0.3 is 5.11 Å². The van der Waals surface area contributed by atoms with E-state index in [2.05, 4.69) is 0 Å². The summed E-state index contributed by atoms with van der Waals surface area (Å²) in [5.74, 6) is -4.44. The van der Waals surface area contributed by atoms with Crippen LogP contribution in [0.2, 0.25) is 0 Å². The van der Waals surface area contributed by atoms with Crippen molar-refractivity contribution in [1.82, 2.24) is 0 Å². The average molecular weight is 250 g/mol. The molecule has 0 bridgehead atoms. The Bertz CT molecular complexity index is 392. The first kappa shape index (κ1) is 14.0. The first-order valence-corrected chi connectivity index (χ1v) is 5.09. The molecule has 96 valence electrons. The van der Waals surface area contributed by atoms with E-state index >= 15 is 0 Å². The standard InChI is InChI=1S/C12H14F4O/c1-6-4-7(2)9(8(3)5-6)10(17)12(15,16)11(13)14/h4-5,10-11,17H,1-3H3. The molecule has 5 heteroatoms. The van der Waals surface area contributed by atoms with Crippen LogP contribution in [0.25, 0.3) is 0 Å². The van der Waals surface area contributed by atoms with E-state index in [1.54, 1.807) is 19.1 Å². The minimum Gasteiger partial charge on any atom is -0.382 e. The summed E-state index contributed by atoms with van der Waals surface area (Å²) >= 11 is 0. The highest BCUT2D eigenvalue weighted by atomic mass is 19.3. The van der Waals surface area contributed by atoms with Crippen LogP contribution in [0, 0.1) is 20.8 Å². The molecule has 0 saturated heterocycles. The molecule has 1 aromatic carbocycles. The third kappa shape index (κ3) is 2.60. The second-order valence-electron chi connectivity index (χ2n) is 4.19. The normalized spacial score (nSPS) is 14.2. The lowest BCUT2D eigenvalue weighted by Gasteiger charge is -2.25.